The molecule has 0 spiro atoms. The topological polar surface area (TPSA) is 121 Å². The molecule has 0 saturated heterocycles. The van der Waals surface area contributed by atoms with E-state index in [9.17, 15) is 9.59 Å². The third kappa shape index (κ3) is 4.29. The Balaban J connectivity index is 3.73. The summed E-state index contributed by atoms with van der Waals surface area (Å²) < 4.78 is 4.31. The van der Waals surface area contributed by atoms with E-state index in [1.54, 1.807) is 0 Å². The maximum absolute atomic E-state index is 10.6. The number of ether oxygens (including phenoxy) is 1. The third-order valence-corrected chi connectivity index (χ3v) is 0.949. The van der Waals surface area contributed by atoms with E-state index in [4.69, 9.17) is 17.2 Å². The van der Waals surface area contributed by atoms with Crippen LogP contribution in [-0.2, 0) is 14.3 Å². The van der Waals surface area contributed by atoms with E-state index < -0.39 is 17.9 Å². The van der Waals surface area contributed by atoms with Gasteiger partial charge in [-0.25, -0.2) is 0 Å². The van der Waals surface area contributed by atoms with Gasteiger partial charge in [-0.1, -0.05) is 0 Å². The number of amides is 1. The van der Waals surface area contributed by atoms with Crippen LogP contribution in [0.5, 0.6) is 0 Å². The molecule has 0 rings (SSSR count). The van der Waals surface area contributed by atoms with Crippen molar-refractivity contribution in [2.75, 3.05) is 6.73 Å². The average Bonchev–Trinajstić information content (AvgIpc) is 1.86. The van der Waals surface area contributed by atoms with E-state index in [2.05, 4.69) is 4.74 Å². The molecule has 6 nitrogen and oxygen atoms in total. The Bertz CT molecular complexity index is 159. The molecule has 6 N–H and O–H groups in total. The third-order valence-electron chi connectivity index (χ3n) is 0.949. The molecule has 0 aliphatic heterocycles. The summed E-state index contributed by atoms with van der Waals surface area (Å²) in [6, 6.07) is -1.00. The predicted molar refractivity (Wildman–Crippen MR) is 36.9 cm³/mol. The molecule has 0 fully saturated rings. The van der Waals surface area contributed by atoms with Crippen LogP contribution in [0.2, 0.25) is 0 Å². The molecule has 0 heterocycles. The molecule has 0 aromatic carbocycles. The Morgan fingerprint density at radius 1 is 1.45 bits per heavy atom. The Morgan fingerprint density at radius 3 is 2.36 bits per heavy atom. The summed E-state index contributed by atoms with van der Waals surface area (Å²) in [7, 11) is 0. The summed E-state index contributed by atoms with van der Waals surface area (Å²) in [6.07, 6.45) is -0.223. The van der Waals surface area contributed by atoms with E-state index in [-0.39, 0.29) is 13.2 Å². The van der Waals surface area contributed by atoms with Crippen LogP contribution in [0.4, 0.5) is 0 Å². The number of esters is 1. The van der Waals surface area contributed by atoms with Crippen molar-refractivity contribution < 1.29 is 14.3 Å². The second kappa shape index (κ2) is 4.64. The van der Waals surface area contributed by atoms with Crippen molar-refractivity contribution in [1.82, 2.24) is 0 Å². The number of nitrogens with two attached hydrogens (primary N) is 3. The summed E-state index contributed by atoms with van der Waals surface area (Å²) >= 11 is 0. The van der Waals surface area contributed by atoms with Crippen LogP contribution in [0.1, 0.15) is 6.42 Å². The summed E-state index contributed by atoms with van der Waals surface area (Å²) in [5.74, 6) is -1.36. The first-order chi connectivity index (χ1) is 5.07. The van der Waals surface area contributed by atoms with Crippen LogP contribution < -0.4 is 17.2 Å². The lowest BCUT2D eigenvalue weighted by Crippen LogP contribution is -2.37. The van der Waals surface area contributed by atoms with Crippen molar-refractivity contribution in [2.24, 2.45) is 17.2 Å². The SMILES string of the molecule is NCOC(=O)[C@@H](N)CC(N)=O. The highest BCUT2D eigenvalue weighted by Gasteiger charge is 2.16. The van der Waals surface area contributed by atoms with Crippen molar-refractivity contribution in [1.29, 1.82) is 0 Å². The minimum Gasteiger partial charge on any atom is -0.449 e. The van der Waals surface area contributed by atoms with Crippen LogP contribution in [-0.4, -0.2) is 24.6 Å². The molecule has 0 aromatic rings. The fourth-order valence-electron chi connectivity index (χ4n) is 0.489. The van der Waals surface area contributed by atoms with Gasteiger partial charge < -0.3 is 16.2 Å². The van der Waals surface area contributed by atoms with Crippen molar-refractivity contribution in [2.45, 2.75) is 12.5 Å². The second-order valence-corrected chi connectivity index (χ2v) is 1.91. The van der Waals surface area contributed by atoms with Gasteiger partial charge in [-0.3, -0.25) is 15.3 Å². The van der Waals surface area contributed by atoms with Crippen molar-refractivity contribution in [3.63, 3.8) is 0 Å². The Labute approximate surface area is 63.7 Å². The summed E-state index contributed by atoms with van der Waals surface area (Å²) in [6.45, 7) is -0.245. The monoisotopic (exact) mass is 161 g/mol. The highest BCUT2D eigenvalue weighted by Crippen LogP contribution is 1.89. The molecule has 0 saturated carbocycles. The van der Waals surface area contributed by atoms with Crippen LogP contribution >= 0.6 is 0 Å². The van der Waals surface area contributed by atoms with Gasteiger partial charge in [0, 0.05) is 0 Å². The van der Waals surface area contributed by atoms with Crippen molar-refractivity contribution in [3.05, 3.63) is 0 Å². The molecule has 0 aromatic heterocycles. The Kier molecular flexibility index (Phi) is 4.16. The maximum Gasteiger partial charge on any atom is 0.324 e. The zero-order valence-corrected chi connectivity index (χ0v) is 5.95. The average molecular weight is 161 g/mol. The molecule has 0 radical (unpaired) electrons. The van der Waals surface area contributed by atoms with Gasteiger partial charge in [-0.05, 0) is 0 Å². The van der Waals surface area contributed by atoms with E-state index in [0.29, 0.717) is 0 Å². The molecule has 0 aliphatic rings. The zero-order chi connectivity index (χ0) is 8.85. The highest BCUT2D eigenvalue weighted by molar-refractivity contribution is 5.84. The van der Waals surface area contributed by atoms with Crippen LogP contribution in [0.3, 0.4) is 0 Å². The standard InChI is InChI=1S/C5H11N3O3/c6-2-11-5(10)3(7)1-4(8)9/h3H,1-2,6-7H2,(H2,8,9)/t3-/m0/s1. The molecule has 0 aliphatic carbocycles. The van der Waals surface area contributed by atoms with Gasteiger partial charge >= 0.3 is 5.97 Å². The van der Waals surface area contributed by atoms with Gasteiger partial charge in [-0.15, -0.1) is 0 Å². The molecule has 11 heavy (non-hydrogen) atoms. The lowest BCUT2D eigenvalue weighted by molar-refractivity contribution is -0.146. The van der Waals surface area contributed by atoms with Gasteiger partial charge in [0.15, 0.2) is 0 Å². The number of rotatable bonds is 4. The van der Waals surface area contributed by atoms with E-state index in [1.165, 1.54) is 0 Å². The maximum atomic E-state index is 10.6. The number of hydrogen-bond donors (Lipinski definition) is 3. The normalized spacial score (nSPS) is 12.2. The molecule has 1 amide bonds. The predicted octanol–water partition coefficient (Wildman–Crippen LogP) is -2.35. The van der Waals surface area contributed by atoms with Crippen LogP contribution in [0.15, 0.2) is 0 Å². The van der Waals surface area contributed by atoms with Crippen LogP contribution in [0.25, 0.3) is 0 Å². The summed E-state index contributed by atoms with van der Waals surface area (Å²) in [4.78, 5) is 20.9. The van der Waals surface area contributed by atoms with E-state index in [1.807, 2.05) is 0 Å². The molecule has 1 atom stereocenters. The molecule has 0 bridgehead atoms. The minimum absolute atomic E-state index is 0.223. The van der Waals surface area contributed by atoms with E-state index in [0.717, 1.165) is 0 Å². The first-order valence-electron chi connectivity index (χ1n) is 2.98. The molecule has 6 heteroatoms. The number of primary amides is 1. The second-order valence-electron chi connectivity index (χ2n) is 1.91. The minimum atomic E-state index is -1.00. The zero-order valence-electron chi connectivity index (χ0n) is 5.95. The van der Waals surface area contributed by atoms with Crippen molar-refractivity contribution >= 4 is 11.9 Å². The van der Waals surface area contributed by atoms with Crippen molar-refractivity contribution in [3.8, 4) is 0 Å². The number of carbonyl (C=O) groups is 2. The number of carbonyl (C=O) groups excluding carboxylic acids is 2. The summed E-state index contributed by atoms with van der Waals surface area (Å²) in [5, 5.41) is 0. The molecule has 0 unspecified atom stereocenters. The van der Waals surface area contributed by atoms with Gasteiger partial charge in [0.25, 0.3) is 0 Å². The van der Waals surface area contributed by atoms with Gasteiger partial charge in [0.1, 0.15) is 12.8 Å². The number of hydrogen-bond acceptors (Lipinski definition) is 5. The Morgan fingerprint density at radius 2 is 2.00 bits per heavy atom. The highest BCUT2D eigenvalue weighted by atomic mass is 16.5. The molecular formula is C5H11N3O3. The summed E-state index contributed by atoms with van der Waals surface area (Å²) in [5.41, 5.74) is 14.8. The Hall–Kier alpha value is -1.14. The fraction of sp³-hybridized carbons (Fsp3) is 0.600. The lowest BCUT2D eigenvalue weighted by atomic mass is 10.2. The molecular weight excluding hydrogens is 150 g/mol. The largest absolute Gasteiger partial charge is 0.449 e. The smallest absolute Gasteiger partial charge is 0.324 e. The first-order valence-corrected chi connectivity index (χ1v) is 2.98. The fourth-order valence-corrected chi connectivity index (χ4v) is 0.489. The molecule has 64 valence electrons. The van der Waals surface area contributed by atoms with E-state index >= 15 is 0 Å². The first kappa shape index (κ1) is 9.86. The quantitative estimate of drug-likeness (QED) is 0.315. The lowest BCUT2D eigenvalue weighted by Gasteiger charge is -2.06. The van der Waals surface area contributed by atoms with Crippen LogP contribution in [0, 0.1) is 0 Å². The van der Waals surface area contributed by atoms with Gasteiger partial charge in [0.2, 0.25) is 5.91 Å². The van der Waals surface area contributed by atoms with Gasteiger partial charge in [0.05, 0.1) is 6.42 Å². The van der Waals surface area contributed by atoms with Gasteiger partial charge in [-0.2, -0.15) is 0 Å².